The Labute approximate surface area is 186 Å². The number of nitrogens with zero attached hydrogens (tertiary/aromatic N) is 3. The molecule has 2 N–H and O–H groups in total. The lowest BCUT2D eigenvalue weighted by Gasteiger charge is -2.12. The maximum atomic E-state index is 5.63. The molecule has 3 heterocycles. The largest absolute Gasteiger partial charge is 0.497 e. The molecule has 3 aromatic heterocycles. The summed E-state index contributed by atoms with van der Waals surface area (Å²) in [5.41, 5.74) is 3.37. The minimum absolute atomic E-state index is 0.488. The smallest absolute Gasteiger partial charge is 0.153 e. The van der Waals surface area contributed by atoms with Crippen molar-refractivity contribution in [3.05, 3.63) is 45.4 Å². The number of rotatable bonds is 7. The fraction of sp³-hybridized carbons (Fsp3) is 0.286. The predicted octanol–water partition coefficient (Wildman–Crippen LogP) is 4.72. The number of fused-ring (bicyclic) bond motifs is 1. The minimum Gasteiger partial charge on any atom is -0.497 e. The molecular formula is C21H20IN5O3. The molecule has 5 rings (SSSR count). The summed E-state index contributed by atoms with van der Waals surface area (Å²) in [5.74, 6) is 3.67. The van der Waals surface area contributed by atoms with Crippen molar-refractivity contribution in [3.63, 3.8) is 0 Å². The van der Waals surface area contributed by atoms with Gasteiger partial charge in [0.15, 0.2) is 5.76 Å². The van der Waals surface area contributed by atoms with Crippen LogP contribution in [-0.4, -0.2) is 34.6 Å². The normalized spacial score (nSPS) is 13.6. The van der Waals surface area contributed by atoms with Crippen molar-refractivity contribution in [2.45, 2.75) is 25.3 Å². The molecule has 0 amide bonds. The zero-order valence-corrected chi connectivity index (χ0v) is 18.7. The number of aromatic amines is 1. The number of anilines is 1. The molecule has 0 atom stereocenters. The van der Waals surface area contributed by atoms with E-state index in [9.17, 15) is 0 Å². The molecule has 0 saturated heterocycles. The van der Waals surface area contributed by atoms with E-state index < -0.39 is 0 Å². The van der Waals surface area contributed by atoms with Gasteiger partial charge in [0.05, 0.1) is 28.7 Å². The van der Waals surface area contributed by atoms with Crippen LogP contribution < -0.4 is 14.8 Å². The molecule has 0 aliphatic heterocycles. The standard InChI is InChI=1S/C21H20IN5O3/c1-28-13-6-5-12(15(9-13)29-2)10-24-21-16-14(7-8-23-21)25-26-18(16)19-17(22)20(30-27-19)11-3-4-11/h5-9,11H,3-4,10H2,1-2H3,(H,23,24)(H,25,26). The number of halogens is 1. The molecule has 0 radical (unpaired) electrons. The van der Waals surface area contributed by atoms with Gasteiger partial charge < -0.3 is 19.3 Å². The summed E-state index contributed by atoms with van der Waals surface area (Å²) in [7, 11) is 3.28. The molecule has 0 unspecified atom stereocenters. The number of hydrogen-bond acceptors (Lipinski definition) is 7. The number of ether oxygens (including phenoxy) is 2. The number of pyridine rings is 1. The second kappa shape index (κ2) is 7.78. The van der Waals surface area contributed by atoms with E-state index in [0.29, 0.717) is 12.5 Å². The summed E-state index contributed by atoms with van der Waals surface area (Å²) in [6.45, 7) is 0.535. The third kappa shape index (κ3) is 3.36. The monoisotopic (exact) mass is 517 g/mol. The van der Waals surface area contributed by atoms with Crippen LogP contribution in [0.15, 0.2) is 35.0 Å². The fourth-order valence-corrected chi connectivity index (χ4v) is 4.38. The first-order chi connectivity index (χ1) is 14.7. The Balaban J connectivity index is 1.49. The molecule has 0 bridgehead atoms. The molecule has 4 aromatic rings. The summed E-state index contributed by atoms with van der Waals surface area (Å²) in [6, 6.07) is 7.66. The maximum absolute atomic E-state index is 5.63. The van der Waals surface area contributed by atoms with Crippen LogP contribution in [0.4, 0.5) is 5.82 Å². The third-order valence-corrected chi connectivity index (χ3v) is 6.29. The van der Waals surface area contributed by atoms with Crippen LogP contribution in [0.2, 0.25) is 0 Å². The van der Waals surface area contributed by atoms with Gasteiger partial charge in [0, 0.05) is 30.3 Å². The van der Waals surface area contributed by atoms with Gasteiger partial charge in [-0.15, -0.1) is 0 Å². The molecule has 8 nitrogen and oxygen atoms in total. The first kappa shape index (κ1) is 19.2. The van der Waals surface area contributed by atoms with Gasteiger partial charge in [-0.2, -0.15) is 5.10 Å². The Hall–Kier alpha value is -2.82. The van der Waals surface area contributed by atoms with E-state index in [1.807, 2.05) is 24.3 Å². The van der Waals surface area contributed by atoms with E-state index in [4.69, 9.17) is 14.0 Å². The van der Waals surface area contributed by atoms with Crippen molar-refractivity contribution in [2.75, 3.05) is 19.5 Å². The Morgan fingerprint density at radius 3 is 2.83 bits per heavy atom. The van der Waals surface area contributed by atoms with Crippen molar-refractivity contribution >= 4 is 39.3 Å². The lowest BCUT2D eigenvalue weighted by atomic mass is 10.1. The van der Waals surface area contributed by atoms with Crippen LogP contribution in [0.1, 0.15) is 30.1 Å². The molecule has 0 spiro atoms. The van der Waals surface area contributed by atoms with Crippen molar-refractivity contribution in [1.82, 2.24) is 20.3 Å². The average Bonchev–Trinajstić information content (AvgIpc) is 3.42. The molecule has 9 heteroatoms. The van der Waals surface area contributed by atoms with E-state index in [0.717, 1.165) is 67.3 Å². The van der Waals surface area contributed by atoms with E-state index in [1.54, 1.807) is 20.4 Å². The van der Waals surface area contributed by atoms with Gasteiger partial charge in [0.2, 0.25) is 0 Å². The van der Waals surface area contributed by atoms with Crippen molar-refractivity contribution < 1.29 is 14.0 Å². The van der Waals surface area contributed by atoms with Crippen molar-refractivity contribution in [3.8, 4) is 22.9 Å². The van der Waals surface area contributed by atoms with E-state index in [-0.39, 0.29) is 0 Å². The summed E-state index contributed by atoms with van der Waals surface area (Å²) < 4.78 is 17.4. The van der Waals surface area contributed by atoms with Crippen LogP contribution in [-0.2, 0) is 6.54 Å². The topological polar surface area (TPSA) is 98.1 Å². The molecule has 30 heavy (non-hydrogen) atoms. The number of methoxy groups -OCH3 is 2. The van der Waals surface area contributed by atoms with Crippen LogP contribution in [0.3, 0.4) is 0 Å². The summed E-state index contributed by atoms with van der Waals surface area (Å²) >= 11 is 2.30. The highest BCUT2D eigenvalue weighted by molar-refractivity contribution is 14.1. The van der Waals surface area contributed by atoms with Gasteiger partial charge >= 0.3 is 0 Å². The Kier molecular flexibility index (Phi) is 4.97. The first-order valence-electron chi connectivity index (χ1n) is 9.63. The van der Waals surface area contributed by atoms with E-state index >= 15 is 0 Å². The number of H-pyrrole nitrogens is 1. The molecule has 1 saturated carbocycles. The number of aromatic nitrogens is 4. The summed E-state index contributed by atoms with van der Waals surface area (Å²) in [4.78, 5) is 4.56. The highest BCUT2D eigenvalue weighted by Gasteiger charge is 2.32. The predicted molar refractivity (Wildman–Crippen MR) is 121 cm³/mol. The van der Waals surface area contributed by atoms with Gasteiger partial charge in [-0.05, 0) is 53.6 Å². The maximum Gasteiger partial charge on any atom is 0.153 e. The highest BCUT2D eigenvalue weighted by Crippen LogP contribution is 2.45. The number of nitrogens with one attached hydrogen (secondary N) is 2. The summed E-state index contributed by atoms with van der Waals surface area (Å²) in [6.07, 6.45) is 4.06. The Morgan fingerprint density at radius 1 is 1.20 bits per heavy atom. The molecule has 1 fully saturated rings. The molecule has 154 valence electrons. The molecule has 1 aliphatic rings. The van der Waals surface area contributed by atoms with Crippen molar-refractivity contribution in [1.29, 1.82) is 0 Å². The lowest BCUT2D eigenvalue weighted by Crippen LogP contribution is -2.04. The van der Waals surface area contributed by atoms with Gasteiger partial charge in [0.1, 0.15) is 28.7 Å². The zero-order chi connectivity index (χ0) is 20.7. The minimum atomic E-state index is 0.488. The number of hydrogen-bond donors (Lipinski definition) is 2. The third-order valence-electron chi connectivity index (χ3n) is 5.25. The molecular weight excluding hydrogens is 497 g/mol. The van der Waals surface area contributed by atoms with Gasteiger partial charge in [-0.25, -0.2) is 4.98 Å². The second-order valence-corrected chi connectivity index (χ2v) is 8.25. The molecule has 1 aromatic carbocycles. The van der Waals surface area contributed by atoms with Crippen LogP contribution in [0, 0.1) is 3.57 Å². The van der Waals surface area contributed by atoms with Gasteiger partial charge in [0.25, 0.3) is 0 Å². The van der Waals surface area contributed by atoms with Gasteiger partial charge in [-0.1, -0.05) is 5.16 Å². The fourth-order valence-electron chi connectivity index (χ4n) is 3.49. The van der Waals surface area contributed by atoms with Crippen LogP contribution >= 0.6 is 22.6 Å². The van der Waals surface area contributed by atoms with Gasteiger partial charge in [-0.3, -0.25) is 5.10 Å². The van der Waals surface area contributed by atoms with Crippen LogP contribution in [0.25, 0.3) is 22.3 Å². The second-order valence-electron chi connectivity index (χ2n) is 7.17. The quantitative estimate of drug-likeness (QED) is 0.343. The molecule has 1 aliphatic carbocycles. The Morgan fingerprint density at radius 2 is 2.07 bits per heavy atom. The SMILES string of the molecule is COc1ccc(CNc2nccc3[nH]nc(-c4noc(C5CC5)c4I)c23)c(OC)c1. The van der Waals surface area contributed by atoms with E-state index in [2.05, 4.69) is 48.2 Å². The summed E-state index contributed by atoms with van der Waals surface area (Å²) in [5, 5.41) is 16.2. The lowest BCUT2D eigenvalue weighted by molar-refractivity contribution is 0.385. The average molecular weight is 517 g/mol. The van der Waals surface area contributed by atoms with Crippen molar-refractivity contribution in [2.24, 2.45) is 0 Å². The van der Waals surface area contributed by atoms with Crippen LogP contribution in [0.5, 0.6) is 11.5 Å². The highest BCUT2D eigenvalue weighted by atomic mass is 127. The Bertz CT molecular complexity index is 1210. The zero-order valence-electron chi connectivity index (χ0n) is 16.5. The first-order valence-corrected chi connectivity index (χ1v) is 10.7. The number of benzene rings is 1. The van der Waals surface area contributed by atoms with E-state index in [1.165, 1.54) is 0 Å².